The Labute approximate surface area is 736 Å². The van der Waals surface area contributed by atoms with Crippen molar-refractivity contribution in [2.24, 2.45) is 0 Å². The number of nitrogens with zero attached hydrogens (tertiary/aromatic N) is 4. The fourth-order valence-electron chi connectivity index (χ4n) is 21.3. The number of benzene rings is 17. The van der Waals surface area contributed by atoms with Gasteiger partial charge in [0.15, 0.2) is 23.7 Å². The Morgan fingerprint density at radius 1 is 0.234 bits per heavy atom. The van der Waals surface area contributed by atoms with Gasteiger partial charge >= 0.3 is 18.9 Å². The summed E-state index contributed by atoms with van der Waals surface area (Å²) in [7, 11) is 0. The van der Waals surface area contributed by atoms with Crippen LogP contribution >= 0.6 is 0 Å². The Bertz CT molecular complexity index is 7220. The zero-order chi connectivity index (χ0) is 82.9. The Hall–Kier alpha value is -14.4. The van der Waals surface area contributed by atoms with E-state index in [1.807, 2.05) is 18.2 Å². The number of aromatic nitrogens is 4. The summed E-state index contributed by atoms with van der Waals surface area (Å²) in [4.78, 5) is 20.8. The summed E-state index contributed by atoms with van der Waals surface area (Å²) in [6.45, 7) is 14.0. The van der Waals surface area contributed by atoms with Gasteiger partial charge in [-0.15, -0.1) is 0 Å². The first-order valence-corrected chi connectivity index (χ1v) is 42.7. The second-order valence-electron chi connectivity index (χ2n) is 34.9. The minimum atomic E-state index is -0.602. The average molecular weight is 1590 g/mol. The van der Waals surface area contributed by atoms with Crippen molar-refractivity contribution in [3.05, 3.63) is 491 Å². The van der Waals surface area contributed by atoms with Gasteiger partial charge in [-0.1, -0.05) is 375 Å². The number of H-pyrrole nitrogens is 1. The fourth-order valence-corrected chi connectivity index (χ4v) is 21.3. The molecule has 0 unspecified atom stereocenters. The first-order chi connectivity index (χ1) is 60.2. The number of para-hydroxylation sites is 2. The van der Waals surface area contributed by atoms with Crippen molar-refractivity contribution in [1.29, 1.82) is 0 Å². The molecule has 7 heteroatoms. The standard InChI is InChI=1S/C65H47N.C43H33N3.C9H7NO.Li/c1-63(2)57-30-16-12-26-51(57)55-41-39-50(43-61(55)63)66(48-24-10-5-11-25-48)49-37-34-46(35-38-49)65(59-32-18-13-27-52(59)53-28-14-19-33-60(53)65)47-36-40-56-54-29-15-17-31-58(54)64(62(56)42-47,44-20-6-3-7-21-44)45-22-8-4-9-23-45;1-42(2)35-15-9-7-13-31(35)33-21-19-29(24-37(33)42)40-44-39(28-18-17-26-11-5-6-12-27(26)23-28)45-41(46-40)30-20-22-34-32-14-8-10-16-36(32)43(3,4)38(34)25-30;11-8-5-1-3-7-4-2-6-10-9(7)8;/h3-43H,1-2H3;5-25H,1-4H3;1-6,11H;/q;;;+1. The van der Waals surface area contributed by atoms with Crippen molar-refractivity contribution >= 4 is 38.7 Å². The molecular weight excluding hydrogens is 1500 g/mol. The molecule has 24 rings (SSSR count). The number of rotatable bonds is 10. The third-order valence-corrected chi connectivity index (χ3v) is 27.2. The predicted molar refractivity (Wildman–Crippen MR) is 502 cm³/mol. The Morgan fingerprint density at radius 3 is 1.06 bits per heavy atom. The normalized spacial score (nSPS) is 14.3. The SMILES string of the molecule is CC1(C)c2ccccc2-c2ccc(-c3nc(-c4ccc5c(c4)C(C)(C)c4ccccc4-5)nc(-c4ccc5ccccc5c4)n3)cc21.CC1(C)c2ccccc2-c2ccc(N(c3ccccc3)c3ccc(C4(c5ccc6c(c5)C(c5ccccc5)(c5ccccc5)c5ccccc5-6)c5ccccc5-c5ccccc54)cc3)cc21.[Li+].[O-]c1cccc2ccc[nH+]c12. The Kier molecular flexibility index (Phi) is 18.7. The van der Waals surface area contributed by atoms with Gasteiger partial charge in [0.05, 0.1) is 10.8 Å². The summed E-state index contributed by atoms with van der Waals surface area (Å²) >= 11 is 0. The molecule has 0 saturated carbocycles. The molecule has 5 aliphatic carbocycles. The van der Waals surface area contributed by atoms with Crippen molar-refractivity contribution < 1.29 is 29.0 Å². The molecule has 0 aliphatic heterocycles. The molecule has 0 fully saturated rings. The first kappa shape index (κ1) is 77.0. The van der Waals surface area contributed by atoms with Gasteiger partial charge in [-0.2, -0.15) is 0 Å². The molecule has 0 atom stereocenters. The van der Waals surface area contributed by atoms with Crippen LogP contribution < -0.4 is 33.9 Å². The number of nitrogens with one attached hydrogen (secondary N) is 1. The number of fused-ring (bicyclic) bond motifs is 17. The van der Waals surface area contributed by atoms with Gasteiger partial charge in [-0.25, -0.2) is 19.9 Å². The molecule has 0 saturated heterocycles. The van der Waals surface area contributed by atoms with Crippen molar-refractivity contribution in [3.63, 3.8) is 0 Å². The van der Waals surface area contributed by atoms with E-state index in [0.717, 1.165) is 44.5 Å². The second kappa shape index (κ2) is 30.0. The number of pyridine rings is 1. The van der Waals surface area contributed by atoms with E-state index in [0.29, 0.717) is 23.0 Å². The Morgan fingerprint density at radius 2 is 0.565 bits per heavy atom. The zero-order valence-electron chi connectivity index (χ0n) is 70.5. The monoisotopic (exact) mass is 1580 g/mol. The molecule has 0 amide bonds. The molecule has 5 aliphatic rings. The van der Waals surface area contributed by atoms with E-state index in [4.69, 9.17) is 15.0 Å². The van der Waals surface area contributed by atoms with E-state index >= 15 is 0 Å². The average Bonchev–Trinajstić information content (AvgIpc) is 1.51. The summed E-state index contributed by atoms with van der Waals surface area (Å²) in [5.41, 5.74) is 36.9. The number of hydrogen-bond acceptors (Lipinski definition) is 5. The number of hydrogen-bond donors (Lipinski definition) is 0. The van der Waals surface area contributed by atoms with Crippen LogP contribution in [-0.4, -0.2) is 15.0 Å². The summed E-state index contributed by atoms with van der Waals surface area (Å²) < 4.78 is 0. The fraction of sp³-hybridized carbons (Fsp3) is 0.0940. The smallest absolute Gasteiger partial charge is 0.868 e. The van der Waals surface area contributed by atoms with Gasteiger partial charge in [-0.3, -0.25) is 0 Å². The van der Waals surface area contributed by atoms with Crippen LogP contribution in [0.25, 0.3) is 111 Å². The first-order valence-electron chi connectivity index (χ1n) is 42.7. The molecular formula is C117H87LiN5O+. The summed E-state index contributed by atoms with van der Waals surface area (Å²) in [6, 6.07) is 148. The quantitative estimate of drug-likeness (QED) is 0.128. The van der Waals surface area contributed by atoms with Crippen molar-refractivity contribution in [2.75, 3.05) is 4.90 Å². The zero-order valence-corrected chi connectivity index (χ0v) is 70.5. The maximum absolute atomic E-state index is 11.1. The van der Waals surface area contributed by atoms with Crippen LogP contribution in [0.1, 0.15) is 119 Å². The summed E-state index contributed by atoms with van der Waals surface area (Å²) in [6.07, 6.45) is 1.75. The van der Waals surface area contributed by atoms with Crippen LogP contribution in [0.3, 0.4) is 0 Å². The van der Waals surface area contributed by atoms with Gasteiger partial charge in [-0.05, 0) is 217 Å². The summed E-state index contributed by atoms with van der Waals surface area (Å²) in [5.74, 6) is 2.09. The van der Waals surface area contributed by atoms with E-state index in [2.05, 4.69) is 428 Å². The van der Waals surface area contributed by atoms with Crippen LogP contribution in [-0.2, 0) is 27.1 Å². The number of aromatic amines is 1. The van der Waals surface area contributed by atoms with Crippen LogP contribution in [0.2, 0.25) is 0 Å². The van der Waals surface area contributed by atoms with E-state index in [9.17, 15) is 5.11 Å². The third-order valence-electron chi connectivity index (χ3n) is 27.2. The van der Waals surface area contributed by atoms with Crippen molar-refractivity contribution in [2.45, 2.75) is 68.6 Å². The molecule has 2 heterocycles. The molecule has 17 aromatic carbocycles. The van der Waals surface area contributed by atoms with E-state index in [1.165, 1.54) is 139 Å². The molecule has 124 heavy (non-hydrogen) atoms. The second-order valence-corrected chi connectivity index (χ2v) is 34.9. The molecule has 19 aromatic rings. The third kappa shape index (κ3) is 12.1. The molecule has 586 valence electrons. The maximum Gasteiger partial charge on any atom is 1.00 e. The van der Waals surface area contributed by atoms with Crippen LogP contribution in [0, 0.1) is 0 Å². The van der Waals surface area contributed by atoms with Gasteiger partial charge < -0.3 is 10.0 Å². The largest absolute Gasteiger partial charge is 1.00 e. The minimum absolute atomic E-state index is 0. The van der Waals surface area contributed by atoms with Crippen LogP contribution in [0.15, 0.2) is 413 Å². The minimum Gasteiger partial charge on any atom is -0.868 e. The molecule has 6 nitrogen and oxygen atoms in total. The van der Waals surface area contributed by atoms with E-state index in [1.54, 1.807) is 18.3 Å². The molecule has 2 aromatic heterocycles. The van der Waals surface area contributed by atoms with Crippen molar-refractivity contribution in [1.82, 2.24) is 15.0 Å². The topological polar surface area (TPSA) is 79.1 Å². The number of anilines is 3. The van der Waals surface area contributed by atoms with Crippen LogP contribution in [0.4, 0.5) is 17.1 Å². The van der Waals surface area contributed by atoms with E-state index < -0.39 is 10.8 Å². The summed E-state index contributed by atoms with van der Waals surface area (Å²) in [5, 5.41) is 14.5. The Balaban J connectivity index is 0.000000140. The van der Waals surface area contributed by atoms with Gasteiger partial charge in [0.1, 0.15) is 0 Å². The molecule has 0 radical (unpaired) electrons. The molecule has 0 bridgehead atoms. The van der Waals surface area contributed by atoms with Gasteiger partial charge in [0.25, 0.3) is 0 Å². The van der Waals surface area contributed by atoms with Gasteiger partial charge in [0, 0.05) is 61.5 Å². The van der Waals surface area contributed by atoms with E-state index in [-0.39, 0.29) is 40.9 Å². The van der Waals surface area contributed by atoms with Crippen LogP contribution in [0.5, 0.6) is 5.75 Å². The van der Waals surface area contributed by atoms with Gasteiger partial charge in [0.2, 0.25) is 5.52 Å². The molecule has 0 spiro atoms. The van der Waals surface area contributed by atoms with Crippen molar-refractivity contribution in [3.8, 4) is 95.5 Å². The maximum atomic E-state index is 11.1. The molecule has 1 N–H and O–H groups in total. The predicted octanol–water partition coefficient (Wildman–Crippen LogP) is 24.6.